The Morgan fingerprint density at radius 3 is 3.00 bits per heavy atom. The van der Waals surface area contributed by atoms with Crippen molar-refractivity contribution < 1.29 is 4.79 Å². The van der Waals surface area contributed by atoms with Crippen molar-refractivity contribution in [3.8, 4) is 0 Å². The molecule has 0 saturated heterocycles. The molecule has 1 rings (SSSR count). The summed E-state index contributed by atoms with van der Waals surface area (Å²) in [7, 11) is 0. The van der Waals surface area contributed by atoms with E-state index < -0.39 is 0 Å². The Hall–Kier alpha value is -0.480. The van der Waals surface area contributed by atoms with Crippen molar-refractivity contribution in [3.63, 3.8) is 0 Å². The Bertz CT molecular complexity index is 344. The standard InChI is InChI=1S/C12H16BrNOS/c1-10-4-2-5-11(8-10)14-12(15)9-16-7-3-6-13/h2,4-5,8H,3,6-7,9H2,1H3,(H,14,15). The van der Waals surface area contributed by atoms with Crippen LogP contribution in [0.2, 0.25) is 0 Å². The number of hydrogen-bond donors (Lipinski definition) is 1. The summed E-state index contributed by atoms with van der Waals surface area (Å²) in [4.78, 5) is 11.5. The number of anilines is 1. The molecule has 88 valence electrons. The zero-order valence-corrected chi connectivity index (χ0v) is 11.7. The summed E-state index contributed by atoms with van der Waals surface area (Å²) in [6, 6.07) is 7.85. The third kappa shape index (κ3) is 5.56. The SMILES string of the molecule is Cc1cccc(NC(=O)CSCCCBr)c1. The average Bonchev–Trinajstić information content (AvgIpc) is 2.24. The fraction of sp³-hybridized carbons (Fsp3) is 0.417. The molecule has 0 spiro atoms. The number of rotatable bonds is 6. The molecule has 0 heterocycles. The van der Waals surface area contributed by atoms with Crippen molar-refractivity contribution in [2.24, 2.45) is 0 Å². The van der Waals surface area contributed by atoms with Crippen molar-refractivity contribution in [2.75, 3.05) is 22.2 Å². The summed E-state index contributed by atoms with van der Waals surface area (Å²) in [5, 5.41) is 3.89. The second-order valence-electron chi connectivity index (χ2n) is 3.51. The lowest BCUT2D eigenvalue weighted by Crippen LogP contribution is -2.14. The van der Waals surface area contributed by atoms with E-state index in [4.69, 9.17) is 0 Å². The first kappa shape index (κ1) is 13.6. The second-order valence-corrected chi connectivity index (χ2v) is 5.41. The molecule has 1 aromatic carbocycles. The molecule has 0 bridgehead atoms. The number of hydrogen-bond acceptors (Lipinski definition) is 2. The molecule has 0 aliphatic carbocycles. The lowest BCUT2D eigenvalue weighted by Gasteiger charge is -2.05. The van der Waals surface area contributed by atoms with Gasteiger partial charge in [0.2, 0.25) is 5.91 Å². The van der Waals surface area contributed by atoms with Crippen molar-refractivity contribution in [2.45, 2.75) is 13.3 Å². The van der Waals surface area contributed by atoms with Crippen LogP contribution in [0.5, 0.6) is 0 Å². The number of alkyl halides is 1. The molecule has 0 atom stereocenters. The summed E-state index contributed by atoms with van der Waals surface area (Å²) >= 11 is 5.03. The van der Waals surface area contributed by atoms with E-state index in [1.807, 2.05) is 31.2 Å². The molecule has 0 unspecified atom stereocenters. The topological polar surface area (TPSA) is 29.1 Å². The van der Waals surface area contributed by atoms with E-state index in [0.717, 1.165) is 28.8 Å². The Balaban J connectivity index is 2.29. The number of nitrogens with one attached hydrogen (secondary N) is 1. The monoisotopic (exact) mass is 301 g/mol. The average molecular weight is 302 g/mol. The maximum absolute atomic E-state index is 11.5. The first-order chi connectivity index (χ1) is 7.72. The van der Waals surface area contributed by atoms with Gasteiger partial charge in [0.1, 0.15) is 0 Å². The van der Waals surface area contributed by atoms with Crippen molar-refractivity contribution in [3.05, 3.63) is 29.8 Å². The third-order valence-electron chi connectivity index (χ3n) is 1.96. The highest BCUT2D eigenvalue weighted by molar-refractivity contribution is 9.09. The molecular formula is C12H16BrNOS. The van der Waals surface area contributed by atoms with Crippen LogP contribution in [-0.2, 0) is 4.79 Å². The van der Waals surface area contributed by atoms with Crippen molar-refractivity contribution in [1.82, 2.24) is 0 Å². The maximum Gasteiger partial charge on any atom is 0.234 e. The van der Waals surface area contributed by atoms with Gasteiger partial charge in [0.25, 0.3) is 0 Å². The van der Waals surface area contributed by atoms with Gasteiger partial charge < -0.3 is 5.32 Å². The molecule has 0 saturated carbocycles. The number of carbonyl (C=O) groups excluding carboxylic acids is 1. The Kier molecular flexibility index (Phi) is 6.57. The number of aryl methyl sites for hydroxylation is 1. The van der Waals surface area contributed by atoms with Gasteiger partial charge in [-0.25, -0.2) is 0 Å². The molecule has 16 heavy (non-hydrogen) atoms. The summed E-state index contributed by atoms with van der Waals surface area (Å²) in [6.07, 6.45) is 1.10. The zero-order valence-electron chi connectivity index (χ0n) is 9.33. The predicted molar refractivity (Wildman–Crippen MR) is 75.5 cm³/mol. The Morgan fingerprint density at radius 1 is 1.50 bits per heavy atom. The van der Waals surface area contributed by atoms with E-state index >= 15 is 0 Å². The molecule has 0 radical (unpaired) electrons. The lowest BCUT2D eigenvalue weighted by molar-refractivity contribution is -0.113. The second kappa shape index (κ2) is 7.74. The fourth-order valence-corrected chi connectivity index (χ4v) is 2.64. The summed E-state index contributed by atoms with van der Waals surface area (Å²) in [5.41, 5.74) is 2.04. The van der Waals surface area contributed by atoms with E-state index in [1.165, 1.54) is 0 Å². The molecule has 1 aromatic rings. The van der Waals surface area contributed by atoms with Crippen molar-refractivity contribution in [1.29, 1.82) is 0 Å². The minimum atomic E-state index is 0.0742. The van der Waals surface area contributed by atoms with Crippen LogP contribution < -0.4 is 5.32 Å². The van der Waals surface area contributed by atoms with Gasteiger partial charge in [0, 0.05) is 11.0 Å². The number of carbonyl (C=O) groups is 1. The van der Waals surface area contributed by atoms with Gasteiger partial charge in [-0.3, -0.25) is 4.79 Å². The lowest BCUT2D eigenvalue weighted by atomic mass is 10.2. The molecule has 0 aliphatic heterocycles. The summed E-state index contributed by atoms with van der Waals surface area (Å²) < 4.78 is 0. The molecule has 4 heteroatoms. The quantitative estimate of drug-likeness (QED) is 0.644. The number of benzene rings is 1. The summed E-state index contributed by atoms with van der Waals surface area (Å²) in [5.74, 6) is 1.62. The number of amides is 1. The highest BCUT2D eigenvalue weighted by atomic mass is 79.9. The molecule has 1 N–H and O–H groups in total. The van der Waals surface area contributed by atoms with Crippen LogP contribution in [0.25, 0.3) is 0 Å². The normalized spacial score (nSPS) is 10.1. The first-order valence-electron chi connectivity index (χ1n) is 5.22. The van der Waals surface area contributed by atoms with Crippen LogP contribution in [0.1, 0.15) is 12.0 Å². The van der Waals surface area contributed by atoms with E-state index in [-0.39, 0.29) is 5.91 Å². The fourth-order valence-electron chi connectivity index (χ4n) is 1.24. The largest absolute Gasteiger partial charge is 0.325 e. The van der Waals surface area contributed by atoms with E-state index in [9.17, 15) is 4.79 Å². The molecular weight excluding hydrogens is 286 g/mol. The number of halogens is 1. The Labute approximate surface area is 109 Å². The molecule has 0 fully saturated rings. The Morgan fingerprint density at radius 2 is 2.31 bits per heavy atom. The highest BCUT2D eigenvalue weighted by Crippen LogP contribution is 2.11. The van der Waals surface area contributed by atoms with Crippen LogP contribution in [0, 0.1) is 6.92 Å². The van der Waals surface area contributed by atoms with E-state index in [1.54, 1.807) is 11.8 Å². The van der Waals surface area contributed by atoms with Crippen molar-refractivity contribution >= 4 is 39.3 Å². The van der Waals surface area contributed by atoms with Gasteiger partial charge in [-0.2, -0.15) is 11.8 Å². The van der Waals surface area contributed by atoms with Crippen LogP contribution >= 0.6 is 27.7 Å². The molecule has 0 aromatic heterocycles. The minimum Gasteiger partial charge on any atom is -0.325 e. The van der Waals surface area contributed by atoms with Gasteiger partial charge >= 0.3 is 0 Å². The maximum atomic E-state index is 11.5. The highest BCUT2D eigenvalue weighted by Gasteiger charge is 2.02. The zero-order chi connectivity index (χ0) is 11.8. The van der Waals surface area contributed by atoms with Gasteiger partial charge in [0.15, 0.2) is 0 Å². The smallest absolute Gasteiger partial charge is 0.234 e. The van der Waals surface area contributed by atoms with Gasteiger partial charge in [-0.1, -0.05) is 28.1 Å². The van der Waals surface area contributed by atoms with E-state index in [0.29, 0.717) is 5.75 Å². The molecule has 2 nitrogen and oxygen atoms in total. The van der Waals surface area contributed by atoms with Crippen LogP contribution in [0.4, 0.5) is 5.69 Å². The minimum absolute atomic E-state index is 0.0742. The number of thioether (sulfide) groups is 1. The van der Waals surface area contributed by atoms with E-state index in [2.05, 4.69) is 21.2 Å². The van der Waals surface area contributed by atoms with Gasteiger partial charge in [-0.15, -0.1) is 0 Å². The third-order valence-corrected chi connectivity index (χ3v) is 3.56. The van der Waals surface area contributed by atoms with Gasteiger partial charge in [-0.05, 0) is 36.8 Å². The predicted octanol–water partition coefficient (Wildman–Crippen LogP) is 3.45. The molecule has 0 aliphatic rings. The summed E-state index contributed by atoms with van der Waals surface area (Å²) in [6.45, 7) is 2.01. The van der Waals surface area contributed by atoms with Crippen LogP contribution in [-0.4, -0.2) is 22.7 Å². The van der Waals surface area contributed by atoms with Crippen LogP contribution in [0.15, 0.2) is 24.3 Å². The first-order valence-corrected chi connectivity index (χ1v) is 7.50. The molecule has 1 amide bonds. The van der Waals surface area contributed by atoms with Gasteiger partial charge in [0.05, 0.1) is 5.75 Å². The van der Waals surface area contributed by atoms with Crippen LogP contribution in [0.3, 0.4) is 0 Å².